The number of halogens is 1. The minimum absolute atomic E-state index is 0.153. The summed E-state index contributed by atoms with van der Waals surface area (Å²) in [6.45, 7) is 5.14. The summed E-state index contributed by atoms with van der Waals surface area (Å²) in [5.74, 6) is 0.865. The molecule has 150 valence electrons. The Hall–Kier alpha value is -3.22. The minimum atomic E-state index is -0.283. The molecule has 1 aliphatic rings. The number of benzene rings is 1. The molecule has 3 aromatic rings. The second-order valence-corrected chi connectivity index (χ2v) is 7.04. The highest BCUT2D eigenvalue weighted by Gasteiger charge is 2.19. The summed E-state index contributed by atoms with van der Waals surface area (Å²) in [6, 6.07) is 4.97. The number of nitrogens with one attached hydrogen (secondary N) is 1. The Morgan fingerprint density at radius 2 is 2.10 bits per heavy atom. The maximum absolute atomic E-state index is 14.5. The molecule has 0 unspecified atom stereocenters. The van der Waals surface area contributed by atoms with Crippen LogP contribution in [0.25, 0.3) is 11.1 Å². The molecule has 0 amide bonds. The number of pyridine rings is 1. The van der Waals surface area contributed by atoms with Crippen LogP contribution in [0.2, 0.25) is 0 Å². The SMILES string of the molecule is CCn1c(NCc2c(F)ccc3c2CCCO3)ncc(-c2cnccc2C)c1=O. The molecule has 0 aliphatic carbocycles. The van der Waals surface area contributed by atoms with Gasteiger partial charge in [-0.15, -0.1) is 0 Å². The Morgan fingerprint density at radius 3 is 2.90 bits per heavy atom. The molecule has 7 heteroatoms. The number of rotatable bonds is 5. The third kappa shape index (κ3) is 3.60. The van der Waals surface area contributed by atoms with Gasteiger partial charge in [0.15, 0.2) is 0 Å². The molecular formula is C22H23FN4O2. The van der Waals surface area contributed by atoms with Crippen molar-refractivity contribution >= 4 is 5.95 Å². The van der Waals surface area contributed by atoms with Crippen molar-refractivity contribution in [2.45, 2.75) is 39.8 Å². The molecule has 0 bridgehead atoms. The van der Waals surface area contributed by atoms with Crippen molar-refractivity contribution in [1.29, 1.82) is 0 Å². The van der Waals surface area contributed by atoms with Crippen LogP contribution < -0.4 is 15.6 Å². The first-order chi connectivity index (χ1) is 14.1. The van der Waals surface area contributed by atoms with E-state index >= 15 is 0 Å². The molecule has 0 atom stereocenters. The predicted octanol–water partition coefficient (Wildman–Crippen LogP) is 3.71. The maximum atomic E-state index is 14.5. The molecular weight excluding hydrogens is 371 g/mol. The molecule has 3 heterocycles. The number of aromatic nitrogens is 3. The molecule has 1 N–H and O–H groups in total. The van der Waals surface area contributed by atoms with E-state index in [2.05, 4.69) is 15.3 Å². The largest absolute Gasteiger partial charge is 0.493 e. The Balaban J connectivity index is 1.67. The Kier molecular flexibility index (Phi) is 5.29. The Labute approximate surface area is 168 Å². The first-order valence-corrected chi connectivity index (χ1v) is 9.78. The van der Waals surface area contributed by atoms with Crippen LogP contribution in [0.3, 0.4) is 0 Å². The summed E-state index contributed by atoms with van der Waals surface area (Å²) in [5, 5.41) is 3.15. The summed E-state index contributed by atoms with van der Waals surface area (Å²) in [7, 11) is 0. The highest BCUT2D eigenvalue weighted by Crippen LogP contribution is 2.30. The standard InChI is InChI=1S/C22H23FN4O2/c1-3-27-21(28)18(16-11-24-9-8-14(16)2)13-26-22(27)25-12-17-15-5-4-10-29-20(15)7-6-19(17)23/h6-9,11,13H,3-5,10,12H2,1-2H3,(H,25,26). The van der Waals surface area contributed by atoms with E-state index < -0.39 is 0 Å². The highest BCUT2D eigenvalue weighted by atomic mass is 19.1. The van der Waals surface area contributed by atoms with Crippen LogP contribution in [0.5, 0.6) is 5.75 Å². The summed E-state index contributed by atoms with van der Waals surface area (Å²) < 4.78 is 21.7. The highest BCUT2D eigenvalue weighted by molar-refractivity contribution is 5.64. The van der Waals surface area contributed by atoms with Gasteiger partial charge in [0, 0.05) is 48.4 Å². The van der Waals surface area contributed by atoms with E-state index in [1.807, 2.05) is 19.9 Å². The molecule has 0 spiro atoms. The van der Waals surface area contributed by atoms with E-state index in [0.29, 0.717) is 30.2 Å². The van der Waals surface area contributed by atoms with Crippen LogP contribution in [0, 0.1) is 12.7 Å². The summed E-state index contributed by atoms with van der Waals surface area (Å²) >= 11 is 0. The number of hydrogen-bond acceptors (Lipinski definition) is 5. The van der Waals surface area contributed by atoms with E-state index in [9.17, 15) is 9.18 Å². The lowest BCUT2D eigenvalue weighted by atomic mass is 9.99. The second-order valence-electron chi connectivity index (χ2n) is 7.04. The van der Waals surface area contributed by atoms with Crippen LogP contribution >= 0.6 is 0 Å². The molecule has 1 aromatic carbocycles. The van der Waals surface area contributed by atoms with Crippen molar-refractivity contribution in [1.82, 2.24) is 14.5 Å². The van der Waals surface area contributed by atoms with Crippen LogP contribution in [0.1, 0.15) is 30.0 Å². The number of ether oxygens (including phenoxy) is 1. The monoisotopic (exact) mass is 394 g/mol. The van der Waals surface area contributed by atoms with E-state index in [1.54, 1.807) is 29.2 Å². The molecule has 0 saturated heterocycles. The lowest BCUT2D eigenvalue weighted by Gasteiger charge is -2.21. The zero-order chi connectivity index (χ0) is 20.4. The molecule has 0 saturated carbocycles. The van der Waals surface area contributed by atoms with E-state index in [0.717, 1.165) is 35.3 Å². The molecule has 0 radical (unpaired) electrons. The van der Waals surface area contributed by atoms with Crippen LogP contribution in [0.4, 0.5) is 10.3 Å². The van der Waals surface area contributed by atoms with Crippen LogP contribution in [-0.4, -0.2) is 21.1 Å². The predicted molar refractivity (Wildman–Crippen MR) is 110 cm³/mol. The van der Waals surface area contributed by atoms with Crippen molar-refractivity contribution in [2.75, 3.05) is 11.9 Å². The lowest BCUT2D eigenvalue weighted by molar-refractivity contribution is 0.286. The number of nitrogens with zero attached hydrogens (tertiary/aromatic N) is 3. The fourth-order valence-corrected chi connectivity index (χ4v) is 3.70. The van der Waals surface area contributed by atoms with E-state index in [1.165, 1.54) is 6.07 Å². The van der Waals surface area contributed by atoms with Gasteiger partial charge in [-0.2, -0.15) is 0 Å². The zero-order valence-electron chi connectivity index (χ0n) is 16.5. The summed E-state index contributed by atoms with van der Waals surface area (Å²) in [5.41, 5.74) is 3.52. The minimum Gasteiger partial charge on any atom is -0.493 e. The van der Waals surface area contributed by atoms with Gasteiger partial charge in [0.25, 0.3) is 5.56 Å². The van der Waals surface area contributed by atoms with E-state index in [-0.39, 0.29) is 17.9 Å². The van der Waals surface area contributed by atoms with Crippen molar-refractivity contribution in [3.8, 4) is 16.9 Å². The van der Waals surface area contributed by atoms with Crippen molar-refractivity contribution < 1.29 is 9.13 Å². The van der Waals surface area contributed by atoms with Gasteiger partial charge in [0.1, 0.15) is 11.6 Å². The number of aryl methyl sites for hydroxylation is 1. The molecule has 29 heavy (non-hydrogen) atoms. The molecule has 2 aromatic heterocycles. The van der Waals surface area contributed by atoms with Gasteiger partial charge in [-0.05, 0) is 50.5 Å². The van der Waals surface area contributed by atoms with Gasteiger partial charge < -0.3 is 10.1 Å². The Morgan fingerprint density at radius 1 is 1.24 bits per heavy atom. The maximum Gasteiger partial charge on any atom is 0.262 e. The van der Waals surface area contributed by atoms with Crippen LogP contribution in [0.15, 0.2) is 41.6 Å². The fraction of sp³-hybridized carbons (Fsp3) is 0.318. The van der Waals surface area contributed by atoms with Gasteiger partial charge in [0.2, 0.25) is 5.95 Å². The first kappa shape index (κ1) is 19.1. The molecule has 6 nitrogen and oxygen atoms in total. The van der Waals surface area contributed by atoms with Gasteiger partial charge in [-0.3, -0.25) is 14.3 Å². The summed E-state index contributed by atoms with van der Waals surface area (Å²) in [4.78, 5) is 21.6. The zero-order valence-corrected chi connectivity index (χ0v) is 16.5. The van der Waals surface area contributed by atoms with Gasteiger partial charge in [0.05, 0.1) is 12.2 Å². The number of hydrogen-bond donors (Lipinski definition) is 1. The van der Waals surface area contributed by atoms with E-state index in [4.69, 9.17) is 4.74 Å². The number of anilines is 1. The third-order valence-electron chi connectivity index (χ3n) is 5.28. The quantitative estimate of drug-likeness (QED) is 0.714. The van der Waals surface area contributed by atoms with Gasteiger partial charge >= 0.3 is 0 Å². The topological polar surface area (TPSA) is 69.0 Å². The van der Waals surface area contributed by atoms with Crippen molar-refractivity contribution in [3.63, 3.8) is 0 Å². The van der Waals surface area contributed by atoms with Crippen molar-refractivity contribution in [3.05, 3.63) is 69.7 Å². The molecule has 0 fully saturated rings. The lowest BCUT2D eigenvalue weighted by Crippen LogP contribution is -2.26. The first-order valence-electron chi connectivity index (χ1n) is 9.78. The smallest absolute Gasteiger partial charge is 0.262 e. The number of fused-ring (bicyclic) bond motifs is 1. The van der Waals surface area contributed by atoms with Gasteiger partial charge in [-0.25, -0.2) is 9.37 Å². The second kappa shape index (κ2) is 8.03. The van der Waals surface area contributed by atoms with Crippen LogP contribution in [-0.2, 0) is 19.5 Å². The molecule has 4 rings (SSSR count). The fourth-order valence-electron chi connectivity index (χ4n) is 3.70. The van der Waals surface area contributed by atoms with Gasteiger partial charge in [-0.1, -0.05) is 0 Å². The average molecular weight is 394 g/mol. The third-order valence-corrected chi connectivity index (χ3v) is 5.28. The summed E-state index contributed by atoms with van der Waals surface area (Å²) in [6.07, 6.45) is 6.56. The average Bonchev–Trinajstić information content (AvgIpc) is 2.74. The Bertz CT molecular complexity index is 1110. The van der Waals surface area contributed by atoms with Crippen molar-refractivity contribution in [2.24, 2.45) is 0 Å². The normalized spacial score (nSPS) is 12.9. The molecule has 1 aliphatic heterocycles.